The number of carbonyl (C=O) groups excluding carboxylic acids is 1. The van der Waals surface area contributed by atoms with Crippen LogP contribution in [-0.2, 0) is 16.0 Å². The Labute approximate surface area is 193 Å². The molecule has 5 rings (SSSR count). The monoisotopic (exact) mass is 452 g/mol. The fraction of sp³-hybridized carbons (Fsp3) is 0.556. The van der Waals surface area contributed by atoms with E-state index in [-0.39, 0.29) is 17.8 Å². The van der Waals surface area contributed by atoms with Crippen molar-refractivity contribution in [2.75, 3.05) is 0 Å². The fourth-order valence-corrected chi connectivity index (χ4v) is 7.52. The average molecular weight is 453 g/mol. The quantitative estimate of drug-likeness (QED) is 0.649. The molecule has 176 valence electrons. The molecule has 3 aliphatic rings. The van der Waals surface area contributed by atoms with Crippen molar-refractivity contribution in [2.24, 2.45) is 22.7 Å². The number of aliphatic carboxylic acids is 1. The van der Waals surface area contributed by atoms with Crippen LogP contribution >= 0.6 is 0 Å². The van der Waals surface area contributed by atoms with Gasteiger partial charge in [0.05, 0.1) is 17.2 Å². The average Bonchev–Trinajstić information content (AvgIpc) is 3.27. The Kier molecular flexibility index (Phi) is 5.02. The first kappa shape index (κ1) is 22.2. The maximum Gasteiger partial charge on any atom is 0.338 e. The second-order valence-electron chi connectivity index (χ2n) is 10.7. The second-order valence-corrected chi connectivity index (χ2v) is 10.7. The Morgan fingerprint density at radius 3 is 2.55 bits per heavy atom. The Bertz CT molecular complexity index is 1080. The first-order valence-electron chi connectivity index (χ1n) is 11.9. The summed E-state index contributed by atoms with van der Waals surface area (Å²) >= 11 is 0. The van der Waals surface area contributed by atoms with Gasteiger partial charge in [0.15, 0.2) is 0 Å². The Morgan fingerprint density at radius 1 is 1.12 bits per heavy atom. The molecule has 0 bridgehead atoms. The summed E-state index contributed by atoms with van der Waals surface area (Å²) in [4.78, 5) is 25.8. The third-order valence-electron chi connectivity index (χ3n) is 9.42. The number of hydrogen-bond acceptors (Lipinski definition) is 5. The minimum absolute atomic E-state index is 0.0294. The predicted octanol–water partition coefficient (Wildman–Crippen LogP) is 4.81. The van der Waals surface area contributed by atoms with E-state index in [9.17, 15) is 19.8 Å². The number of carbonyl (C=O) groups is 2. The summed E-state index contributed by atoms with van der Waals surface area (Å²) in [5, 5.41) is 22.9. The standard InChI is InChI=1S/C27H32O6/c1-16-18-10-13-32-21(18)15-20-19(16)14-22(33-23(28)17-8-5-4-6-9-17)27(31)25(20,2)11-7-12-26(27,3)24(29)30/h4-6,8-10,13,16,19-20,22,31H,7,11-12,14-15H2,1-3H3,(H,29,30). The highest BCUT2D eigenvalue weighted by atomic mass is 16.6. The largest absolute Gasteiger partial charge is 0.481 e. The molecular formula is C27H32O6. The van der Waals surface area contributed by atoms with Crippen LogP contribution < -0.4 is 0 Å². The van der Waals surface area contributed by atoms with E-state index in [1.165, 1.54) is 0 Å². The van der Waals surface area contributed by atoms with E-state index in [0.29, 0.717) is 37.7 Å². The minimum Gasteiger partial charge on any atom is -0.481 e. The Balaban J connectivity index is 1.63. The topological polar surface area (TPSA) is 97.0 Å². The van der Waals surface area contributed by atoms with E-state index in [4.69, 9.17) is 9.15 Å². The van der Waals surface area contributed by atoms with Crippen LogP contribution in [0, 0.1) is 22.7 Å². The van der Waals surface area contributed by atoms with Gasteiger partial charge >= 0.3 is 11.9 Å². The van der Waals surface area contributed by atoms with Crippen LogP contribution in [0.3, 0.4) is 0 Å². The van der Waals surface area contributed by atoms with Gasteiger partial charge in [-0.15, -0.1) is 0 Å². The summed E-state index contributed by atoms with van der Waals surface area (Å²) in [5.41, 5.74) is -2.33. The number of carboxylic acids is 1. The Hall–Kier alpha value is -2.60. The number of esters is 1. The van der Waals surface area contributed by atoms with E-state index >= 15 is 0 Å². The lowest BCUT2D eigenvalue weighted by molar-refractivity contribution is -0.287. The van der Waals surface area contributed by atoms with Crippen molar-refractivity contribution < 1.29 is 29.0 Å². The zero-order valence-corrected chi connectivity index (χ0v) is 19.4. The first-order valence-corrected chi connectivity index (χ1v) is 11.9. The van der Waals surface area contributed by atoms with Crippen LogP contribution in [-0.4, -0.2) is 33.9 Å². The molecule has 7 atom stereocenters. The number of benzene rings is 1. The van der Waals surface area contributed by atoms with Gasteiger partial charge in [0, 0.05) is 11.8 Å². The molecule has 2 aromatic rings. The molecule has 6 nitrogen and oxygen atoms in total. The van der Waals surface area contributed by atoms with Gasteiger partial charge in [-0.2, -0.15) is 0 Å². The van der Waals surface area contributed by atoms with E-state index in [0.717, 1.165) is 11.3 Å². The summed E-state index contributed by atoms with van der Waals surface area (Å²) in [7, 11) is 0. The number of carboxylic acid groups (broad SMARTS) is 1. The molecule has 2 N–H and O–H groups in total. The van der Waals surface area contributed by atoms with Crippen LogP contribution in [0.5, 0.6) is 0 Å². The lowest BCUT2D eigenvalue weighted by Crippen LogP contribution is -2.75. The van der Waals surface area contributed by atoms with Gasteiger partial charge in [0.25, 0.3) is 0 Å². The van der Waals surface area contributed by atoms with Gasteiger partial charge in [0.1, 0.15) is 17.5 Å². The first-order chi connectivity index (χ1) is 15.6. The van der Waals surface area contributed by atoms with Crippen molar-refractivity contribution in [2.45, 2.75) is 70.5 Å². The van der Waals surface area contributed by atoms with Crippen LogP contribution in [0.2, 0.25) is 0 Å². The maximum atomic E-state index is 13.1. The van der Waals surface area contributed by atoms with Crippen molar-refractivity contribution >= 4 is 11.9 Å². The molecular weight excluding hydrogens is 420 g/mol. The third kappa shape index (κ3) is 2.89. The molecule has 2 fully saturated rings. The van der Waals surface area contributed by atoms with Crippen LogP contribution in [0.4, 0.5) is 0 Å². The zero-order valence-electron chi connectivity index (χ0n) is 19.4. The highest BCUT2D eigenvalue weighted by molar-refractivity contribution is 5.89. The van der Waals surface area contributed by atoms with Crippen LogP contribution in [0.1, 0.15) is 74.1 Å². The second kappa shape index (κ2) is 7.45. The SMILES string of the molecule is CC1c2ccoc2CC2C1CC(OC(=O)c1ccccc1)C1(O)C(C)(C(=O)O)CCCC21C. The number of hydrogen-bond donors (Lipinski definition) is 2. The van der Waals surface area contributed by atoms with E-state index < -0.39 is 34.5 Å². The summed E-state index contributed by atoms with van der Waals surface area (Å²) in [6, 6.07) is 10.7. The molecule has 0 spiro atoms. The number of fused-ring (bicyclic) bond motifs is 4. The molecule has 3 aliphatic carbocycles. The zero-order chi connectivity index (χ0) is 23.6. The van der Waals surface area contributed by atoms with Crippen molar-refractivity contribution in [1.29, 1.82) is 0 Å². The minimum atomic E-state index is -1.71. The lowest BCUT2D eigenvalue weighted by Gasteiger charge is -2.66. The summed E-state index contributed by atoms with van der Waals surface area (Å²) in [6.45, 7) is 5.80. The molecule has 1 heterocycles. The molecule has 6 heteroatoms. The molecule has 2 saturated carbocycles. The number of ether oxygens (including phenoxy) is 1. The predicted molar refractivity (Wildman–Crippen MR) is 121 cm³/mol. The third-order valence-corrected chi connectivity index (χ3v) is 9.42. The van der Waals surface area contributed by atoms with Gasteiger partial charge < -0.3 is 19.4 Å². The van der Waals surface area contributed by atoms with Gasteiger partial charge in [-0.25, -0.2) is 4.79 Å². The lowest BCUT2D eigenvalue weighted by atomic mass is 9.40. The van der Waals surface area contributed by atoms with Gasteiger partial charge in [-0.05, 0) is 67.7 Å². The highest BCUT2D eigenvalue weighted by Crippen LogP contribution is 2.67. The summed E-state index contributed by atoms with van der Waals surface area (Å²) in [6.07, 6.45) is 3.58. The molecule has 1 aromatic carbocycles. The van der Waals surface area contributed by atoms with Crippen molar-refractivity contribution in [3.63, 3.8) is 0 Å². The van der Waals surface area contributed by atoms with Crippen molar-refractivity contribution in [3.05, 3.63) is 59.5 Å². The molecule has 0 saturated heterocycles. The molecule has 0 aliphatic heterocycles. The van der Waals surface area contributed by atoms with E-state index in [2.05, 4.69) is 6.92 Å². The maximum absolute atomic E-state index is 13.1. The van der Waals surface area contributed by atoms with Gasteiger partial charge in [0.2, 0.25) is 0 Å². The fourth-order valence-electron chi connectivity index (χ4n) is 7.52. The molecule has 33 heavy (non-hydrogen) atoms. The molecule has 7 unspecified atom stereocenters. The van der Waals surface area contributed by atoms with Gasteiger partial charge in [-0.3, -0.25) is 4.79 Å². The van der Waals surface area contributed by atoms with Crippen LogP contribution in [0.25, 0.3) is 0 Å². The normalized spacial score (nSPS) is 39.6. The molecule has 0 amide bonds. The van der Waals surface area contributed by atoms with Crippen LogP contribution in [0.15, 0.2) is 47.1 Å². The highest BCUT2D eigenvalue weighted by Gasteiger charge is 2.73. The Morgan fingerprint density at radius 2 is 1.85 bits per heavy atom. The van der Waals surface area contributed by atoms with Crippen molar-refractivity contribution in [1.82, 2.24) is 0 Å². The van der Waals surface area contributed by atoms with E-state index in [1.807, 2.05) is 19.1 Å². The number of rotatable bonds is 3. The molecule has 0 radical (unpaired) electrons. The molecule has 1 aromatic heterocycles. The summed E-state index contributed by atoms with van der Waals surface area (Å²) in [5.74, 6) is -0.311. The van der Waals surface area contributed by atoms with Crippen molar-refractivity contribution in [3.8, 4) is 0 Å². The summed E-state index contributed by atoms with van der Waals surface area (Å²) < 4.78 is 11.9. The number of aliphatic hydroxyl groups is 1. The number of furan rings is 1. The van der Waals surface area contributed by atoms with Gasteiger partial charge in [-0.1, -0.05) is 38.5 Å². The smallest absolute Gasteiger partial charge is 0.338 e. The van der Waals surface area contributed by atoms with E-state index in [1.54, 1.807) is 37.5 Å².